The second-order valence-electron chi connectivity index (χ2n) is 5.99. The van der Waals surface area contributed by atoms with Gasteiger partial charge in [0.1, 0.15) is 0 Å². The third-order valence-corrected chi connectivity index (χ3v) is 5.81. The zero-order chi connectivity index (χ0) is 16.6. The van der Waals surface area contributed by atoms with Crippen molar-refractivity contribution in [3.05, 3.63) is 35.4 Å². The number of amides is 2. The molecule has 2 aliphatic heterocycles. The van der Waals surface area contributed by atoms with Crippen molar-refractivity contribution >= 4 is 22.0 Å². The molecule has 3 rings (SSSR count). The first-order valence-corrected chi connectivity index (χ1v) is 8.96. The lowest BCUT2D eigenvalue weighted by Crippen LogP contribution is -2.54. The summed E-state index contributed by atoms with van der Waals surface area (Å²) in [5.41, 5.74) is 1.77. The van der Waals surface area contributed by atoms with Crippen molar-refractivity contribution in [2.75, 3.05) is 26.2 Å². The van der Waals surface area contributed by atoms with E-state index >= 15 is 0 Å². The molecule has 0 atom stereocenters. The zero-order valence-electron chi connectivity index (χ0n) is 12.8. The maximum atomic E-state index is 12.4. The molecule has 2 heterocycles. The summed E-state index contributed by atoms with van der Waals surface area (Å²) in [6, 6.07) is 7.40. The molecule has 0 radical (unpaired) electrons. The summed E-state index contributed by atoms with van der Waals surface area (Å²) < 4.78 is 30.7. The molecular formula is C15H18N2O5S. The Kier molecular flexibility index (Phi) is 4.11. The molecule has 23 heavy (non-hydrogen) atoms. The Bertz CT molecular complexity index is 724. The van der Waals surface area contributed by atoms with Gasteiger partial charge in [-0.25, -0.2) is 22.4 Å². The molecular weight excluding hydrogens is 320 g/mol. The van der Waals surface area contributed by atoms with E-state index in [0.29, 0.717) is 13.1 Å². The minimum absolute atomic E-state index is 0.0307. The van der Waals surface area contributed by atoms with Crippen LogP contribution in [0.5, 0.6) is 0 Å². The fourth-order valence-corrected chi connectivity index (χ4v) is 4.44. The maximum Gasteiger partial charge on any atom is 0.417 e. The minimum atomic E-state index is -3.37. The molecule has 1 aromatic carbocycles. The SMILES string of the molecule is Cc1cccc(CS(=O)(=O)N2CC(CN3C(=O)COC3=O)C2)c1. The summed E-state index contributed by atoms with van der Waals surface area (Å²) in [6.45, 7) is 2.56. The van der Waals surface area contributed by atoms with Crippen LogP contribution in [0.1, 0.15) is 11.1 Å². The number of carbonyl (C=O) groups is 2. The fourth-order valence-electron chi connectivity index (χ4n) is 2.78. The van der Waals surface area contributed by atoms with Gasteiger partial charge >= 0.3 is 6.09 Å². The van der Waals surface area contributed by atoms with E-state index in [9.17, 15) is 18.0 Å². The summed E-state index contributed by atoms with van der Waals surface area (Å²) in [6.07, 6.45) is -0.643. The molecule has 0 spiro atoms. The Balaban J connectivity index is 1.56. The highest BCUT2D eigenvalue weighted by molar-refractivity contribution is 7.88. The second-order valence-corrected chi connectivity index (χ2v) is 7.96. The van der Waals surface area contributed by atoms with Crippen LogP contribution in [-0.4, -0.2) is 55.9 Å². The van der Waals surface area contributed by atoms with Gasteiger partial charge in [0.2, 0.25) is 10.0 Å². The number of cyclic esters (lactones) is 1. The summed E-state index contributed by atoms with van der Waals surface area (Å²) in [4.78, 5) is 23.9. The van der Waals surface area contributed by atoms with Crippen LogP contribution in [0.2, 0.25) is 0 Å². The Morgan fingerprint density at radius 3 is 2.61 bits per heavy atom. The van der Waals surface area contributed by atoms with Crippen LogP contribution in [0.4, 0.5) is 4.79 Å². The van der Waals surface area contributed by atoms with E-state index in [1.807, 2.05) is 25.1 Å². The van der Waals surface area contributed by atoms with Crippen molar-refractivity contribution < 1.29 is 22.7 Å². The topological polar surface area (TPSA) is 84.0 Å². The number of rotatable bonds is 5. The van der Waals surface area contributed by atoms with Crippen molar-refractivity contribution in [3.8, 4) is 0 Å². The molecule has 1 aromatic rings. The van der Waals surface area contributed by atoms with Crippen LogP contribution in [0.15, 0.2) is 24.3 Å². The second kappa shape index (κ2) is 5.93. The van der Waals surface area contributed by atoms with Gasteiger partial charge < -0.3 is 4.74 Å². The predicted octanol–water partition coefficient (Wildman–Crippen LogP) is 0.735. The van der Waals surface area contributed by atoms with Gasteiger partial charge in [0, 0.05) is 25.6 Å². The van der Waals surface area contributed by atoms with Crippen LogP contribution in [0, 0.1) is 12.8 Å². The molecule has 0 saturated carbocycles. The first-order valence-electron chi connectivity index (χ1n) is 7.35. The van der Waals surface area contributed by atoms with E-state index < -0.39 is 16.1 Å². The maximum absolute atomic E-state index is 12.4. The lowest BCUT2D eigenvalue weighted by molar-refractivity contribution is -0.126. The third-order valence-electron chi connectivity index (χ3n) is 4.03. The molecule has 2 amide bonds. The molecule has 2 saturated heterocycles. The molecule has 8 heteroatoms. The normalized spacial score (nSPS) is 19.8. The number of imide groups is 1. The molecule has 7 nitrogen and oxygen atoms in total. The average molecular weight is 338 g/mol. The highest BCUT2D eigenvalue weighted by atomic mass is 32.2. The van der Waals surface area contributed by atoms with Gasteiger partial charge in [0.25, 0.3) is 5.91 Å². The Morgan fingerprint density at radius 1 is 1.26 bits per heavy atom. The predicted molar refractivity (Wildman–Crippen MR) is 81.9 cm³/mol. The van der Waals surface area contributed by atoms with E-state index in [4.69, 9.17) is 0 Å². The van der Waals surface area contributed by atoms with E-state index in [-0.39, 0.29) is 30.7 Å². The number of nitrogens with zero attached hydrogens (tertiary/aromatic N) is 2. The Labute approximate surface area is 134 Å². The highest BCUT2D eigenvalue weighted by Crippen LogP contribution is 2.24. The van der Waals surface area contributed by atoms with E-state index in [1.54, 1.807) is 6.07 Å². The Hall–Kier alpha value is -1.93. The number of hydrogen-bond acceptors (Lipinski definition) is 5. The standard InChI is InChI=1S/C15H18N2O5S/c1-11-3-2-4-12(5-11)10-23(20,21)16-6-13(7-16)8-17-14(18)9-22-15(17)19/h2-5,13H,6-10H2,1H3. The van der Waals surface area contributed by atoms with Crippen molar-refractivity contribution in [2.24, 2.45) is 5.92 Å². The van der Waals surface area contributed by atoms with Crippen molar-refractivity contribution in [2.45, 2.75) is 12.7 Å². The third kappa shape index (κ3) is 3.37. The molecule has 124 valence electrons. The van der Waals surface area contributed by atoms with Crippen LogP contribution >= 0.6 is 0 Å². The smallest absolute Gasteiger partial charge is 0.417 e. The van der Waals surface area contributed by atoms with Gasteiger partial charge in [0.05, 0.1) is 5.75 Å². The number of aryl methyl sites for hydroxylation is 1. The van der Waals surface area contributed by atoms with Crippen molar-refractivity contribution in [3.63, 3.8) is 0 Å². The Morgan fingerprint density at radius 2 is 2.00 bits per heavy atom. The van der Waals surface area contributed by atoms with Crippen LogP contribution in [0.25, 0.3) is 0 Å². The van der Waals surface area contributed by atoms with Crippen LogP contribution < -0.4 is 0 Å². The fraction of sp³-hybridized carbons (Fsp3) is 0.467. The minimum Gasteiger partial charge on any atom is -0.439 e. The quantitative estimate of drug-likeness (QED) is 0.790. The molecule has 0 N–H and O–H groups in total. The van der Waals surface area contributed by atoms with Gasteiger partial charge in [-0.1, -0.05) is 29.8 Å². The largest absolute Gasteiger partial charge is 0.439 e. The molecule has 2 aliphatic rings. The highest BCUT2D eigenvalue weighted by Gasteiger charge is 2.40. The number of benzene rings is 1. The number of ether oxygens (including phenoxy) is 1. The summed E-state index contributed by atoms with van der Waals surface area (Å²) in [5, 5.41) is 0. The zero-order valence-corrected chi connectivity index (χ0v) is 13.6. The summed E-state index contributed by atoms with van der Waals surface area (Å²) >= 11 is 0. The molecule has 2 fully saturated rings. The lowest BCUT2D eigenvalue weighted by atomic mass is 10.0. The van der Waals surface area contributed by atoms with Crippen LogP contribution in [-0.2, 0) is 25.3 Å². The van der Waals surface area contributed by atoms with Crippen molar-refractivity contribution in [1.29, 1.82) is 0 Å². The van der Waals surface area contributed by atoms with Gasteiger partial charge in [-0.05, 0) is 12.5 Å². The molecule has 0 bridgehead atoms. The van der Waals surface area contributed by atoms with Crippen LogP contribution in [0.3, 0.4) is 0 Å². The lowest BCUT2D eigenvalue weighted by Gasteiger charge is -2.39. The number of carbonyl (C=O) groups excluding carboxylic acids is 2. The van der Waals surface area contributed by atoms with E-state index in [0.717, 1.165) is 16.0 Å². The molecule has 0 unspecified atom stereocenters. The molecule has 0 aromatic heterocycles. The van der Waals surface area contributed by atoms with Crippen molar-refractivity contribution in [1.82, 2.24) is 9.21 Å². The van der Waals surface area contributed by atoms with Gasteiger partial charge in [-0.3, -0.25) is 4.79 Å². The average Bonchev–Trinajstić information content (AvgIpc) is 2.72. The van der Waals surface area contributed by atoms with Gasteiger partial charge in [0.15, 0.2) is 6.61 Å². The number of sulfonamides is 1. The first-order chi connectivity index (χ1) is 10.8. The van der Waals surface area contributed by atoms with Gasteiger partial charge in [-0.2, -0.15) is 0 Å². The van der Waals surface area contributed by atoms with E-state index in [2.05, 4.69) is 4.74 Å². The monoisotopic (exact) mass is 338 g/mol. The number of hydrogen-bond donors (Lipinski definition) is 0. The van der Waals surface area contributed by atoms with Gasteiger partial charge in [-0.15, -0.1) is 0 Å². The summed E-state index contributed by atoms with van der Waals surface area (Å²) in [7, 11) is -3.37. The summed E-state index contributed by atoms with van der Waals surface area (Å²) in [5.74, 6) is -0.431. The molecule has 0 aliphatic carbocycles. The van der Waals surface area contributed by atoms with E-state index in [1.165, 1.54) is 4.31 Å². The first kappa shape index (κ1) is 15.9.